The van der Waals surface area contributed by atoms with Gasteiger partial charge in [-0.25, -0.2) is 0 Å². The van der Waals surface area contributed by atoms with Crippen LogP contribution in [0.5, 0.6) is 0 Å². The van der Waals surface area contributed by atoms with Crippen molar-refractivity contribution < 1.29 is 19.1 Å². The van der Waals surface area contributed by atoms with Gasteiger partial charge in [0.25, 0.3) is 0 Å². The lowest BCUT2D eigenvalue weighted by molar-refractivity contribution is -0.139. The van der Waals surface area contributed by atoms with Gasteiger partial charge in [0.1, 0.15) is 0 Å². The fraction of sp³-hybridized carbons (Fsp3) is 0.286. The number of furan rings is 1. The lowest BCUT2D eigenvalue weighted by atomic mass is 9.93. The van der Waals surface area contributed by atoms with Crippen LogP contribution in [0, 0.1) is 11.3 Å². The number of carboxylic acid groups (broad SMARTS) is 1. The molecule has 1 heterocycles. The van der Waals surface area contributed by atoms with Gasteiger partial charge in [-0.3, -0.25) is 9.59 Å². The van der Waals surface area contributed by atoms with E-state index in [1.807, 2.05) is 0 Å². The highest BCUT2D eigenvalue weighted by Crippen LogP contribution is 2.54. The molecule has 1 fully saturated rings. The van der Waals surface area contributed by atoms with Gasteiger partial charge in [0.05, 0.1) is 17.2 Å². The van der Waals surface area contributed by atoms with Crippen molar-refractivity contribution in [1.29, 1.82) is 0 Å². The lowest BCUT2D eigenvalue weighted by Gasteiger charge is -2.09. The Hall–Kier alpha value is -1.81. The van der Waals surface area contributed by atoms with Crippen LogP contribution in [0.4, 0.5) is 0 Å². The van der Waals surface area contributed by atoms with Crippen LogP contribution in [0.15, 0.2) is 28.9 Å². The Morgan fingerprint density at radius 2 is 2.21 bits per heavy atom. The van der Waals surface area contributed by atoms with E-state index in [-0.39, 0.29) is 5.78 Å². The Bertz CT molecular complexity index is 703. The molecule has 2 unspecified atom stereocenters. The number of hydrogen-bond donors (Lipinski definition) is 1. The fourth-order valence-corrected chi connectivity index (χ4v) is 2.75. The number of carboxylic acids is 1. The van der Waals surface area contributed by atoms with E-state index in [1.165, 1.54) is 12.3 Å². The van der Waals surface area contributed by atoms with Crippen molar-refractivity contribution in [1.82, 2.24) is 0 Å². The van der Waals surface area contributed by atoms with Crippen LogP contribution in [0.25, 0.3) is 11.0 Å². The topological polar surface area (TPSA) is 67.5 Å². The third-order valence-corrected chi connectivity index (χ3v) is 4.10. The molecule has 1 aliphatic rings. The molecule has 0 aliphatic heterocycles. The standard InChI is InChI=1S/C14H11ClO4/c1-14(6-9(14)13(17)18)12(16)8-4-7-2-3-19-11(7)10(15)5-8/h2-5,9H,6H2,1H3,(H,17,18). The Balaban J connectivity index is 2.01. The minimum atomic E-state index is -0.925. The largest absolute Gasteiger partial charge is 0.481 e. The normalized spacial score (nSPS) is 25.5. The highest BCUT2D eigenvalue weighted by atomic mass is 35.5. The van der Waals surface area contributed by atoms with Gasteiger partial charge in [-0.1, -0.05) is 18.5 Å². The van der Waals surface area contributed by atoms with Gasteiger partial charge in [-0.2, -0.15) is 0 Å². The van der Waals surface area contributed by atoms with Crippen LogP contribution in [-0.4, -0.2) is 16.9 Å². The fourth-order valence-electron chi connectivity index (χ4n) is 2.47. The molecule has 1 aromatic heterocycles. The molecule has 0 bridgehead atoms. The summed E-state index contributed by atoms with van der Waals surface area (Å²) in [7, 11) is 0. The zero-order chi connectivity index (χ0) is 13.8. The molecule has 0 amide bonds. The third-order valence-electron chi connectivity index (χ3n) is 3.82. The minimum Gasteiger partial charge on any atom is -0.481 e. The average Bonchev–Trinajstić information content (AvgIpc) is 2.85. The second-order valence-electron chi connectivity index (χ2n) is 5.14. The number of hydrogen-bond acceptors (Lipinski definition) is 3. The van der Waals surface area contributed by atoms with E-state index < -0.39 is 17.3 Å². The average molecular weight is 279 g/mol. The number of fused-ring (bicyclic) bond motifs is 1. The number of Topliss-reactive ketones (excluding diaryl/α,β-unsaturated/α-hetero) is 1. The summed E-state index contributed by atoms with van der Waals surface area (Å²) in [5.74, 6) is -1.70. The van der Waals surface area contributed by atoms with E-state index in [0.717, 1.165) is 5.39 Å². The molecule has 4 nitrogen and oxygen atoms in total. The molecule has 5 heteroatoms. The number of benzene rings is 1. The van der Waals surface area contributed by atoms with Crippen molar-refractivity contribution in [2.45, 2.75) is 13.3 Å². The predicted octanol–water partition coefficient (Wildman–Crippen LogP) is 3.38. The smallest absolute Gasteiger partial charge is 0.307 e. The van der Waals surface area contributed by atoms with Gasteiger partial charge >= 0.3 is 5.97 Å². The maximum Gasteiger partial charge on any atom is 0.307 e. The number of carbonyl (C=O) groups excluding carboxylic acids is 1. The molecule has 1 aliphatic carbocycles. The van der Waals surface area contributed by atoms with Gasteiger partial charge in [0.15, 0.2) is 11.4 Å². The van der Waals surface area contributed by atoms with E-state index in [2.05, 4.69) is 0 Å². The van der Waals surface area contributed by atoms with Crippen LogP contribution >= 0.6 is 11.6 Å². The van der Waals surface area contributed by atoms with E-state index in [9.17, 15) is 9.59 Å². The first-order valence-electron chi connectivity index (χ1n) is 5.88. The Morgan fingerprint density at radius 1 is 1.47 bits per heavy atom. The summed E-state index contributed by atoms with van der Waals surface area (Å²) in [6.45, 7) is 1.68. The molecular formula is C14H11ClO4. The van der Waals surface area contributed by atoms with Gasteiger partial charge in [0, 0.05) is 16.4 Å². The van der Waals surface area contributed by atoms with Gasteiger partial charge in [-0.05, 0) is 24.6 Å². The summed E-state index contributed by atoms with van der Waals surface area (Å²) in [5.41, 5.74) is 0.158. The maximum atomic E-state index is 12.4. The number of ketones is 1. The first-order chi connectivity index (χ1) is 8.93. The quantitative estimate of drug-likeness (QED) is 0.874. The van der Waals surface area contributed by atoms with Crippen molar-refractivity contribution in [2.75, 3.05) is 0 Å². The SMILES string of the molecule is CC1(C(=O)c2cc(Cl)c3occc3c2)CC1C(=O)O. The maximum absolute atomic E-state index is 12.4. The van der Waals surface area contributed by atoms with Crippen molar-refractivity contribution in [3.05, 3.63) is 35.0 Å². The van der Waals surface area contributed by atoms with Crippen LogP contribution in [0.1, 0.15) is 23.7 Å². The van der Waals surface area contributed by atoms with Gasteiger partial charge in [-0.15, -0.1) is 0 Å². The molecule has 19 heavy (non-hydrogen) atoms. The van der Waals surface area contributed by atoms with E-state index in [1.54, 1.807) is 19.1 Å². The molecule has 0 saturated heterocycles. The molecule has 0 spiro atoms. The second-order valence-corrected chi connectivity index (χ2v) is 5.55. The lowest BCUT2D eigenvalue weighted by Crippen LogP contribution is -2.18. The summed E-state index contributed by atoms with van der Waals surface area (Å²) in [5, 5.41) is 10.1. The molecule has 1 N–H and O–H groups in total. The van der Waals surface area contributed by atoms with Crippen molar-refractivity contribution in [2.24, 2.45) is 11.3 Å². The second kappa shape index (κ2) is 3.84. The monoisotopic (exact) mass is 278 g/mol. The van der Waals surface area contributed by atoms with E-state index >= 15 is 0 Å². The summed E-state index contributed by atoms with van der Waals surface area (Å²) in [6.07, 6.45) is 1.88. The molecule has 2 aromatic rings. The number of halogens is 1. The molecule has 0 radical (unpaired) electrons. The number of carbonyl (C=O) groups is 2. The zero-order valence-electron chi connectivity index (χ0n) is 10.1. The molecule has 3 rings (SSSR count). The van der Waals surface area contributed by atoms with Crippen molar-refractivity contribution >= 4 is 34.3 Å². The highest BCUT2D eigenvalue weighted by molar-refractivity contribution is 6.35. The first-order valence-corrected chi connectivity index (χ1v) is 6.25. The summed E-state index contributed by atoms with van der Waals surface area (Å²) >= 11 is 6.05. The Labute approximate surface area is 114 Å². The number of rotatable bonds is 3. The predicted molar refractivity (Wildman–Crippen MR) is 69.4 cm³/mol. The summed E-state index contributed by atoms with van der Waals surface area (Å²) < 4.78 is 5.21. The number of aliphatic carboxylic acids is 1. The molecular weight excluding hydrogens is 268 g/mol. The highest BCUT2D eigenvalue weighted by Gasteiger charge is 2.60. The molecule has 1 saturated carbocycles. The van der Waals surface area contributed by atoms with Crippen LogP contribution in [-0.2, 0) is 4.79 Å². The molecule has 1 aromatic carbocycles. The van der Waals surface area contributed by atoms with Crippen molar-refractivity contribution in [3.8, 4) is 0 Å². The Morgan fingerprint density at radius 3 is 2.84 bits per heavy atom. The molecule has 2 atom stereocenters. The van der Waals surface area contributed by atoms with Crippen LogP contribution in [0.3, 0.4) is 0 Å². The summed E-state index contributed by atoms with van der Waals surface area (Å²) in [6, 6.07) is 4.95. The zero-order valence-corrected chi connectivity index (χ0v) is 10.9. The minimum absolute atomic E-state index is 0.176. The first kappa shape index (κ1) is 12.2. The van der Waals surface area contributed by atoms with Crippen LogP contribution < -0.4 is 0 Å². The summed E-state index contributed by atoms with van der Waals surface area (Å²) in [4.78, 5) is 23.4. The van der Waals surface area contributed by atoms with E-state index in [0.29, 0.717) is 22.6 Å². The van der Waals surface area contributed by atoms with Gasteiger partial charge in [0.2, 0.25) is 0 Å². The van der Waals surface area contributed by atoms with Crippen molar-refractivity contribution in [3.63, 3.8) is 0 Å². The Kier molecular flexibility index (Phi) is 2.47. The van der Waals surface area contributed by atoms with Crippen LogP contribution in [0.2, 0.25) is 5.02 Å². The molecule has 98 valence electrons. The van der Waals surface area contributed by atoms with E-state index in [4.69, 9.17) is 21.1 Å². The third kappa shape index (κ3) is 1.75. The van der Waals surface area contributed by atoms with Gasteiger partial charge < -0.3 is 9.52 Å².